The van der Waals surface area contributed by atoms with E-state index in [-0.39, 0.29) is 11.1 Å². The average Bonchev–Trinajstić information content (AvgIpc) is 3.16. The number of methoxy groups -OCH3 is 4. The molecule has 0 saturated carbocycles. The standard InChI is InChI=1S/C25H24N2O6S/c1-14-21(24(29)33-5)22(16-10-11-18(31-3)19(12-16)32-4)27-23(28)20(34-25(27)26-14)13-15-8-6-7-9-17(15)30-2/h6-13,22H,1-5H3/b20-13-. The van der Waals surface area contributed by atoms with E-state index in [1.54, 1.807) is 45.4 Å². The maximum Gasteiger partial charge on any atom is 0.338 e. The van der Waals surface area contributed by atoms with E-state index in [2.05, 4.69) is 4.99 Å². The second kappa shape index (κ2) is 9.56. The number of ether oxygens (including phenoxy) is 4. The van der Waals surface area contributed by atoms with Crippen molar-refractivity contribution < 1.29 is 23.7 Å². The van der Waals surface area contributed by atoms with Crippen molar-refractivity contribution in [3.05, 3.63) is 84.5 Å². The molecule has 4 rings (SSSR count). The van der Waals surface area contributed by atoms with Crippen molar-refractivity contribution in [3.8, 4) is 17.2 Å². The maximum absolute atomic E-state index is 13.7. The molecule has 8 nitrogen and oxygen atoms in total. The average molecular weight is 481 g/mol. The first-order valence-corrected chi connectivity index (χ1v) is 11.2. The minimum absolute atomic E-state index is 0.275. The molecule has 176 valence electrons. The number of allylic oxidation sites excluding steroid dienone is 1. The van der Waals surface area contributed by atoms with Gasteiger partial charge in [-0.25, -0.2) is 9.79 Å². The molecule has 0 spiro atoms. The summed E-state index contributed by atoms with van der Waals surface area (Å²) in [5.74, 6) is 1.11. The van der Waals surface area contributed by atoms with Crippen molar-refractivity contribution in [2.24, 2.45) is 4.99 Å². The zero-order valence-electron chi connectivity index (χ0n) is 19.4. The summed E-state index contributed by atoms with van der Waals surface area (Å²) in [6.07, 6.45) is 1.77. The van der Waals surface area contributed by atoms with E-state index in [0.29, 0.717) is 37.8 Å². The van der Waals surface area contributed by atoms with Crippen molar-refractivity contribution in [1.29, 1.82) is 0 Å². The number of hydrogen-bond donors (Lipinski definition) is 0. The van der Waals surface area contributed by atoms with Crippen LogP contribution in [0.3, 0.4) is 0 Å². The number of fused-ring (bicyclic) bond motifs is 1. The maximum atomic E-state index is 13.7. The molecule has 0 radical (unpaired) electrons. The lowest BCUT2D eigenvalue weighted by atomic mass is 9.95. The molecule has 1 aromatic heterocycles. The van der Waals surface area contributed by atoms with Crippen LogP contribution in [0.1, 0.15) is 24.1 Å². The molecule has 0 fully saturated rings. The molecule has 3 aromatic rings. The van der Waals surface area contributed by atoms with Crippen molar-refractivity contribution in [2.45, 2.75) is 13.0 Å². The largest absolute Gasteiger partial charge is 0.496 e. The van der Waals surface area contributed by atoms with E-state index < -0.39 is 12.0 Å². The topological polar surface area (TPSA) is 88.4 Å². The van der Waals surface area contributed by atoms with Crippen LogP contribution in [0.25, 0.3) is 6.08 Å². The third-order valence-corrected chi connectivity index (χ3v) is 6.56. The number of carbonyl (C=O) groups is 1. The summed E-state index contributed by atoms with van der Waals surface area (Å²) in [5, 5.41) is 0. The second-order valence-corrected chi connectivity index (χ2v) is 8.44. The Balaban J connectivity index is 1.99. The van der Waals surface area contributed by atoms with Gasteiger partial charge in [0.2, 0.25) is 0 Å². The Morgan fingerprint density at radius 2 is 1.71 bits per heavy atom. The Bertz CT molecular complexity index is 1470. The fourth-order valence-corrected chi connectivity index (χ4v) is 5.00. The van der Waals surface area contributed by atoms with Gasteiger partial charge in [0, 0.05) is 5.56 Å². The Hall–Kier alpha value is -3.85. The van der Waals surface area contributed by atoms with Crippen LogP contribution >= 0.6 is 11.3 Å². The Kier molecular flexibility index (Phi) is 6.56. The number of para-hydroxylation sites is 1. The Labute approximate surface area is 200 Å². The molecular formula is C25H24N2O6S. The van der Waals surface area contributed by atoms with Crippen LogP contribution in [-0.4, -0.2) is 39.0 Å². The number of aromatic nitrogens is 1. The van der Waals surface area contributed by atoms with Gasteiger partial charge in [0.15, 0.2) is 16.3 Å². The van der Waals surface area contributed by atoms with Crippen LogP contribution in [0, 0.1) is 0 Å². The van der Waals surface area contributed by atoms with Crippen LogP contribution in [0.4, 0.5) is 0 Å². The molecule has 9 heteroatoms. The SMILES string of the molecule is COC(=O)C1=C(C)N=c2s/c(=C\c3ccccc3OC)c(=O)n2C1c1ccc(OC)c(OC)c1. The number of carbonyl (C=O) groups excluding carboxylic acids is 1. The molecule has 0 aliphatic carbocycles. The minimum Gasteiger partial charge on any atom is -0.496 e. The lowest BCUT2D eigenvalue weighted by Crippen LogP contribution is -2.39. The fourth-order valence-electron chi connectivity index (χ4n) is 3.96. The quantitative estimate of drug-likeness (QED) is 0.504. The van der Waals surface area contributed by atoms with Crippen molar-refractivity contribution in [3.63, 3.8) is 0 Å². The van der Waals surface area contributed by atoms with E-state index in [1.807, 2.05) is 24.3 Å². The molecule has 2 aromatic carbocycles. The Morgan fingerprint density at radius 1 is 1.00 bits per heavy atom. The van der Waals surface area contributed by atoms with E-state index >= 15 is 0 Å². The van der Waals surface area contributed by atoms with Crippen LogP contribution in [-0.2, 0) is 9.53 Å². The van der Waals surface area contributed by atoms with E-state index in [9.17, 15) is 9.59 Å². The summed E-state index contributed by atoms with van der Waals surface area (Å²) in [6.45, 7) is 1.73. The number of thiazole rings is 1. The molecule has 0 bridgehead atoms. The molecule has 0 saturated heterocycles. The van der Waals surface area contributed by atoms with E-state index in [4.69, 9.17) is 18.9 Å². The zero-order chi connectivity index (χ0) is 24.4. The van der Waals surface area contributed by atoms with E-state index in [1.165, 1.54) is 30.1 Å². The molecule has 0 amide bonds. The number of benzene rings is 2. The van der Waals surface area contributed by atoms with Crippen LogP contribution in [0.15, 0.2) is 63.5 Å². The van der Waals surface area contributed by atoms with Crippen molar-refractivity contribution in [2.75, 3.05) is 28.4 Å². The molecule has 2 heterocycles. The third kappa shape index (κ3) is 3.99. The van der Waals surface area contributed by atoms with Gasteiger partial charge in [-0.2, -0.15) is 0 Å². The fraction of sp³-hybridized carbons (Fsp3) is 0.240. The normalized spacial score (nSPS) is 15.4. The Morgan fingerprint density at radius 3 is 2.38 bits per heavy atom. The van der Waals surface area contributed by atoms with Gasteiger partial charge in [0.05, 0.1) is 50.3 Å². The second-order valence-electron chi connectivity index (χ2n) is 7.43. The van der Waals surface area contributed by atoms with Gasteiger partial charge in [0.1, 0.15) is 5.75 Å². The van der Waals surface area contributed by atoms with Gasteiger partial charge in [-0.15, -0.1) is 0 Å². The predicted octanol–water partition coefficient (Wildman–Crippen LogP) is 2.43. The predicted molar refractivity (Wildman–Crippen MR) is 128 cm³/mol. The lowest BCUT2D eigenvalue weighted by molar-refractivity contribution is -0.136. The summed E-state index contributed by atoms with van der Waals surface area (Å²) in [5.41, 5.74) is 1.92. The molecular weight excluding hydrogens is 456 g/mol. The van der Waals surface area contributed by atoms with Gasteiger partial charge in [-0.05, 0) is 36.8 Å². The van der Waals surface area contributed by atoms with Crippen LogP contribution in [0.5, 0.6) is 17.2 Å². The molecule has 0 N–H and O–H groups in total. The number of rotatable bonds is 6. The van der Waals surface area contributed by atoms with Gasteiger partial charge in [-0.3, -0.25) is 9.36 Å². The first-order valence-electron chi connectivity index (χ1n) is 10.4. The first-order chi connectivity index (χ1) is 16.4. The summed E-state index contributed by atoms with van der Waals surface area (Å²) < 4.78 is 23.3. The highest BCUT2D eigenvalue weighted by molar-refractivity contribution is 7.07. The highest BCUT2D eigenvalue weighted by Crippen LogP contribution is 2.36. The van der Waals surface area contributed by atoms with Gasteiger partial charge in [0.25, 0.3) is 5.56 Å². The monoisotopic (exact) mass is 480 g/mol. The van der Waals surface area contributed by atoms with Crippen LogP contribution in [0.2, 0.25) is 0 Å². The van der Waals surface area contributed by atoms with Crippen LogP contribution < -0.4 is 29.1 Å². The first kappa shape index (κ1) is 23.3. The zero-order valence-corrected chi connectivity index (χ0v) is 20.3. The highest BCUT2D eigenvalue weighted by Gasteiger charge is 2.33. The molecule has 1 atom stereocenters. The van der Waals surface area contributed by atoms with Crippen molar-refractivity contribution in [1.82, 2.24) is 4.57 Å². The number of hydrogen-bond acceptors (Lipinski definition) is 8. The molecule has 1 unspecified atom stereocenters. The van der Waals surface area contributed by atoms with Crippen molar-refractivity contribution >= 4 is 23.4 Å². The van der Waals surface area contributed by atoms with Gasteiger partial charge in [-0.1, -0.05) is 35.6 Å². The summed E-state index contributed by atoms with van der Waals surface area (Å²) in [7, 11) is 5.96. The summed E-state index contributed by atoms with van der Waals surface area (Å²) >= 11 is 1.25. The molecule has 1 aliphatic rings. The third-order valence-electron chi connectivity index (χ3n) is 5.58. The number of esters is 1. The summed E-state index contributed by atoms with van der Waals surface area (Å²) in [6, 6.07) is 12.0. The molecule has 1 aliphatic heterocycles. The van der Waals surface area contributed by atoms with Gasteiger partial charge >= 0.3 is 5.97 Å². The molecule has 34 heavy (non-hydrogen) atoms. The minimum atomic E-state index is -0.747. The van der Waals surface area contributed by atoms with E-state index in [0.717, 1.165) is 5.56 Å². The number of nitrogens with zero attached hydrogens (tertiary/aromatic N) is 2. The highest BCUT2D eigenvalue weighted by atomic mass is 32.1. The summed E-state index contributed by atoms with van der Waals surface area (Å²) in [4.78, 5) is 31.5. The van der Waals surface area contributed by atoms with Gasteiger partial charge < -0.3 is 18.9 Å². The smallest absolute Gasteiger partial charge is 0.338 e. The lowest BCUT2D eigenvalue weighted by Gasteiger charge is -2.25.